The van der Waals surface area contributed by atoms with Crippen molar-refractivity contribution in [1.82, 2.24) is 10.3 Å². The molecule has 84 valence electrons. The molecule has 0 aliphatic rings. The van der Waals surface area contributed by atoms with Crippen molar-refractivity contribution in [2.75, 3.05) is 6.54 Å². The molecule has 2 nitrogen and oxygen atoms in total. The van der Waals surface area contributed by atoms with E-state index in [4.69, 9.17) is 0 Å². The van der Waals surface area contributed by atoms with E-state index in [1.54, 1.807) is 0 Å². The van der Waals surface area contributed by atoms with Gasteiger partial charge in [-0.15, -0.1) is 0 Å². The highest BCUT2D eigenvalue weighted by atomic mass is 14.9. The first-order valence-electron chi connectivity index (χ1n) is 5.81. The first-order valence-corrected chi connectivity index (χ1v) is 5.81. The highest BCUT2D eigenvalue weighted by Crippen LogP contribution is 2.03. The summed E-state index contributed by atoms with van der Waals surface area (Å²) < 4.78 is 0. The fourth-order valence-electron chi connectivity index (χ4n) is 1.78. The summed E-state index contributed by atoms with van der Waals surface area (Å²) in [7, 11) is 0. The minimum atomic E-state index is 0.605. The van der Waals surface area contributed by atoms with Crippen molar-refractivity contribution in [2.24, 2.45) is 5.92 Å². The van der Waals surface area contributed by atoms with E-state index in [1.165, 1.54) is 12.1 Å². The van der Waals surface area contributed by atoms with Gasteiger partial charge in [-0.1, -0.05) is 19.9 Å². The second-order valence-corrected chi connectivity index (χ2v) is 4.56. The summed E-state index contributed by atoms with van der Waals surface area (Å²) in [6, 6.07) is 6.68. The molecule has 1 rings (SSSR count). The van der Waals surface area contributed by atoms with Crippen molar-refractivity contribution in [3.8, 4) is 0 Å². The first-order chi connectivity index (χ1) is 7.18. The molecule has 15 heavy (non-hydrogen) atoms. The van der Waals surface area contributed by atoms with E-state index in [1.807, 2.05) is 18.3 Å². The van der Waals surface area contributed by atoms with Gasteiger partial charge in [-0.25, -0.2) is 0 Å². The Balaban J connectivity index is 2.16. The molecule has 0 radical (unpaired) electrons. The normalized spacial score (nSPS) is 13.1. The van der Waals surface area contributed by atoms with Crippen LogP contribution in [0.15, 0.2) is 24.4 Å². The molecule has 1 atom stereocenters. The number of nitrogens with one attached hydrogen (secondary N) is 1. The Morgan fingerprint density at radius 2 is 2.07 bits per heavy atom. The highest BCUT2D eigenvalue weighted by molar-refractivity contribution is 5.03. The van der Waals surface area contributed by atoms with Gasteiger partial charge in [0.2, 0.25) is 0 Å². The van der Waals surface area contributed by atoms with Gasteiger partial charge in [0.05, 0.1) is 0 Å². The van der Waals surface area contributed by atoms with E-state index >= 15 is 0 Å². The van der Waals surface area contributed by atoms with Crippen molar-refractivity contribution in [3.63, 3.8) is 0 Å². The van der Waals surface area contributed by atoms with Crippen LogP contribution in [0.2, 0.25) is 0 Å². The Morgan fingerprint density at radius 3 is 2.67 bits per heavy atom. The second-order valence-electron chi connectivity index (χ2n) is 4.56. The smallest absolute Gasteiger partial charge is 0.0416 e. The first kappa shape index (κ1) is 12.2. The van der Waals surface area contributed by atoms with Crippen LogP contribution >= 0.6 is 0 Å². The van der Waals surface area contributed by atoms with E-state index < -0.39 is 0 Å². The molecule has 1 N–H and O–H groups in total. The summed E-state index contributed by atoms with van der Waals surface area (Å²) in [6.07, 6.45) is 4.11. The van der Waals surface area contributed by atoms with Crippen LogP contribution in [0.4, 0.5) is 0 Å². The van der Waals surface area contributed by atoms with Crippen molar-refractivity contribution in [1.29, 1.82) is 0 Å². The van der Waals surface area contributed by atoms with Crippen LogP contribution in [0.25, 0.3) is 0 Å². The zero-order chi connectivity index (χ0) is 11.1. The molecular weight excluding hydrogens is 184 g/mol. The topological polar surface area (TPSA) is 24.9 Å². The van der Waals surface area contributed by atoms with Gasteiger partial charge in [0.15, 0.2) is 0 Å². The maximum atomic E-state index is 4.30. The molecule has 0 bridgehead atoms. The monoisotopic (exact) mass is 206 g/mol. The maximum absolute atomic E-state index is 4.30. The zero-order valence-electron chi connectivity index (χ0n) is 10.0. The van der Waals surface area contributed by atoms with E-state index in [0.717, 1.165) is 18.9 Å². The van der Waals surface area contributed by atoms with Gasteiger partial charge in [-0.05, 0) is 31.4 Å². The molecule has 0 fully saturated rings. The van der Waals surface area contributed by atoms with Gasteiger partial charge in [-0.3, -0.25) is 4.98 Å². The maximum Gasteiger partial charge on any atom is 0.0416 e. The molecule has 1 aromatic rings. The van der Waals surface area contributed by atoms with Crippen LogP contribution in [0.1, 0.15) is 32.9 Å². The third-order valence-electron chi connectivity index (χ3n) is 2.43. The number of nitrogens with zero attached hydrogens (tertiary/aromatic N) is 1. The van der Waals surface area contributed by atoms with E-state index in [0.29, 0.717) is 6.04 Å². The number of hydrogen-bond acceptors (Lipinski definition) is 2. The largest absolute Gasteiger partial charge is 0.314 e. The quantitative estimate of drug-likeness (QED) is 0.774. The predicted molar refractivity (Wildman–Crippen MR) is 64.9 cm³/mol. The van der Waals surface area contributed by atoms with Crippen molar-refractivity contribution < 1.29 is 0 Å². The molecule has 0 aliphatic carbocycles. The van der Waals surface area contributed by atoms with E-state index in [-0.39, 0.29) is 0 Å². The average Bonchev–Trinajstić information content (AvgIpc) is 2.18. The average molecular weight is 206 g/mol. The fraction of sp³-hybridized carbons (Fsp3) is 0.615. The molecule has 1 aromatic heterocycles. The fourth-order valence-corrected chi connectivity index (χ4v) is 1.78. The van der Waals surface area contributed by atoms with Crippen LogP contribution in [-0.4, -0.2) is 17.6 Å². The van der Waals surface area contributed by atoms with Crippen LogP contribution in [0.3, 0.4) is 0 Å². The Morgan fingerprint density at radius 1 is 1.27 bits per heavy atom. The Labute approximate surface area is 93.1 Å². The molecular formula is C13H22N2. The van der Waals surface area contributed by atoms with Crippen molar-refractivity contribution >= 4 is 0 Å². The van der Waals surface area contributed by atoms with Gasteiger partial charge in [-0.2, -0.15) is 0 Å². The Kier molecular flexibility index (Phi) is 5.33. The molecule has 0 spiro atoms. The van der Waals surface area contributed by atoms with E-state index in [9.17, 15) is 0 Å². The molecule has 0 saturated carbocycles. The van der Waals surface area contributed by atoms with Gasteiger partial charge in [0.1, 0.15) is 0 Å². The third kappa shape index (κ3) is 5.53. The number of aromatic nitrogens is 1. The van der Waals surface area contributed by atoms with Crippen LogP contribution < -0.4 is 5.32 Å². The zero-order valence-corrected chi connectivity index (χ0v) is 10.0. The molecule has 0 saturated heterocycles. The lowest BCUT2D eigenvalue weighted by Gasteiger charge is -2.15. The summed E-state index contributed by atoms with van der Waals surface area (Å²) in [5, 5.41) is 3.52. The molecule has 0 aliphatic heterocycles. The summed E-state index contributed by atoms with van der Waals surface area (Å²) in [5.74, 6) is 0.766. The standard InChI is InChI=1S/C13H22N2/c1-11(2)10-12(3)14-9-7-13-6-4-5-8-15-13/h4-6,8,11-12,14H,7,9-10H2,1-3H3/t12-/m1/s1. The second kappa shape index (κ2) is 6.57. The van der Waals surface area contributed by atoms with Gasteiger partial charge in [0, 0.05) is 30.9 Å². The lowest BCUT2D eigenvalue weighted by Crippen LogP contribution is -2.29. The summed E-state index contributed by atoms with van der Waals surface area (Å²) in [5.41, 5.74) is 1.17. The molecule has 2 heteroatoms. The van der Waals surface area contributed by atoms with Gasteiger partial charge in [0.25, 0.3) is 0 Å². The number of hydrogen-bond donors (Lipinski definition) is 1. The summed E-state index contributed by atoms with van der Waals surface area (Å²) in [4.78, 5) is 4.30. The van der Waals surface area contributed by atoms with Crippen molar-refractivity contribution in [2.45, 2.75) is 39.7 Å². The predicted octanol–water partition coefficient (Wildman–Crippen LogP) is 2.65. The Hall–Kier alpha value is -0.890. The highest BCUT2D eigenvalue weighted by Gasteiger charge is 2.03. The number of rotatable bonds is 6. The van der Waals surface area contributed by atoms with Crippen molar-refractivity contribution in [3.05, 3.63) is 30.1 Å². The van der Waals surface area contributed by atoms with Crippen LogP contribution in [0, 0.1) is 5.92 Å². The molecule has 0 aromatic carbocycles. The molecule has 1 heterocycles. The third-order valence-corrected chi connectivity index (χ3v) is 2.43. The van der Waals surface area contributed by atoms with Gasteiger partial charge >= 0.3 is 0 Å². The minimum absolute atomic E-state index is 0.605. The van der Waals surface area contributed by atoms with Crippen LogP contribution in [0.5, 0.6) is 0 Å². The summed E-state index contributed by atoms with van der Waals surface area (Å²) in [6.45, 7) is 7.79. The number of pyridine rings is 1. The van der Waals surface area contributed by atoms with E-state index in [2.05, 4.69) is 37.1 Å². The summed E-state index contributed by atoms with van der Waals surface area (Å²) >= 11 is 0. The SMILES string of the molecule is CC(C)C[C@@H](C)NCCc1ccccn1. The lowest BCUT2D eigenvalue weighted by atomic mass is 10.1. The Bertz CT molecular complexity index is 256. The lowest BCUT2D eigenvalue weighted by molar-refractivity contribution is 0.444. The minimum Gasteiger partial charge on any atom is -0.314 e. The molecule has 0 amide bonds. The molecule has 0 unspecified atom stereocenters. The van der Waals surface area contributed by atoms with Crippen LogP contribution in [-0.2, 0) is 6.42 Å². The van der Waals surface area contributed by atoms with Gasteiger partial charge < -0.3 is 5.32 Å².